The van der Waals surface area contributed by atoms with Crippen LogP contribution in [-0.4, -0.2) is 41.3 Å². The molecule has 24 heavy (non-hydrogen) atoms. The number of ketones is 1. The van der Waals surface area contributed by atoms with Crippen molar-refractivity contribution in [2.45, 2.75) is 97.3 Å². The van der Waals surface area contributed by atoms with Crippen LogP contribution in [0, 0.1) is 0 Å². The molecule has 1 unspecified atom stereocenters. The van der Waals surface area contributed by atoms with Gasteiger partial charge in [-0.2, -0.15) is 0 Å². The molecule has 0 bridgehead atoms. The lowest BCUT2D eigenvalue weighted by molar-refractivity contribution is -0.184. The number of Topliss-reactive ketones (excluding diaryl/α,β-unsaturated/α-hetero) is 1. The third-order valence-electron chi connectivity index (χ3n) is 4.20. The SMILES string of the molecule is CCCCCOC1(C(=O)CCC)CCCCN1C(=O)OC(C)(C)C. The highest BCUT2D eigenvalue weighted by atomic mass is 16.6. The summed E-state index contributed by atoms with van der Waals surface area (Å²) in [4.78, 5) is 27.1. The molecule has 0 radical (unpaired) electrons. The van der Waals surface area contributed by atoms with Crippen molar-refractivity contribution < 1.29 is 19.1 Å². The van der Waals surface area contributed by atoms with Gasteiger partial charge in [0.25, 0.3) is 0 Å². The first-order valence-electron chi connectivity index (χ1n) is 9.44. The fourth-order valence-electron chi connectivity index (χ4n) is 3.04. The average molecular weight is 341 g/mol. The van der Waals surface area contributed by atoms with Gasteiger partial charge in [0.1, 0.15) is 5.60 Å². The third-order valence-corrected chi connectivity index (χ3v) is 4.20. The summed E-state index contributed by atoms with van der Waals surface area (Å²) in [5, 5.41) is 0. The van der Waals surface area contributed by atoms with E-state index in [0.717, 1.165) is 38.5 Å². The van der Waals surface area contributed by atoms with Crippen LogP contribution in [0.1, 0.15) is 86.0 Å². The molecule has 1 saturated heterocycles. The first-order chi connectivity index (χ1) is 11.3. The quantitative estimate of drug-likeness (QED) is 0.602. The Morgan fingerprint density at radius 2 is 1.79 bits per heavy atom. The van der Waals surface area contributed by atoms with Crippen LogP contribution in [0.15, 0.2) is 0 Å². The second-order valence-corrected chi connectivity index (χ2v) is 7.60. The Balaban J connectivity index is 2.99. The van der Waals surface area contributed by atoms with E-state index in [1.807, 2.05) is 27.7 Å². The lowest BCUT2D eigenvalue weighted by Crippen LogP contribution is -2.61. The number of ether oxygens (including phenoxy) is 2. The van der Waals surface area contributed by atoms with Gasteiger partial charge in [-0.25, -0.2) is 4.79 Å². The van der Waals surface area contributed by atoms with E-state index in [2.05, 4.69) is 6.92 Å². The average Bonchev–Trinajstić information content (AvgIpc) is 2.50. The smallest absolute Gasteiger partial charge is 0.412 e. The zero-order chi connectivity index (χ0) is 18.2. The zero-order valence-corrected chi connectivity index (χ0v) is 16.2. The minimum atomic E-state index is -1.13. The van der Waals surface area contributed by atoms with Crippen LogP contribution in [0.4, 0.5) is 4.79 Å². The van der Waals surface area contributed by atoms with Crippen LogP contribution in [0.3, 0.4) is 0 Å². The van der Waals surface area contributed by atoms with Crippen molar-refractivity contribution in [3.8, 4) is 0 Å². The van der Waals surface area contributed by atoms with E-state index >= 15 is 0 Å². The van der Waals surface area contributed by atoms with Gasteiger partial charge in [-0.05, 0) is 46.5 Å². The number of unbranched alkanes of at least 4 members (excludes halogenated alkanes) is 2. The molecule has 0 spiro atoms. The fourth-order valence-corrected chi connectivity index (χ4v) is 3.04. The molecule has 0 saturated carbocycles. The molecule has 0 aromatic rings. The Labute approximate surface area is 147 Å². The van der Waals surface area contributed by atoms with Crippen molar-refractivity contribution in [1.29, 1.82) is 0 Å². The fraction of sp³-hybridized carbons (Fsp3) is 0.895. The molecule has 1 amide bonds. The summed E-state index contributed by atoms with van der Waals surface area (Å²) in [7, 11) is 0. The molecular formula is C19H35NO4. The Hall–Kier alpha value is -1.10. The van der Waals surface area contributed by atoms with Gasteiger partial charge in [-0.1, -0.05) is 26.7 Å². The van der Waals surface area contributed by atoms with Crippen LogP contribution >= 0.6 is 0 Å². The summed E-state index contributed by atoms with van der Waals surface area (Å²) >= 11 is 0. The monoisotopic (exact) mass is 341 g/mol. The van der Waals surface area contributed by atoms with Gasteiger partial charge >= 0.3 is 6.09 Å². The largest absolute Gasteiger partial charge is 0.444 e. The van der Waals surface area contributed by atoms with Crippen LogP contribution < -0.4 is 0 Å². The highest BCUT2D eigenvalue weighted by molar-refractivity contribution is 5.90. The van der Waals surface area contributed by atoms with Gasteiger partial charge in [0.2, 0.25) is 5.72 Å². The maximum absolute atomic E-state index is 12.9. The van der Waals surface area contributed by atoms with E-state index < -0.39 is 17.4 Å². The number of nitrogens with zero attached hydrogens (tertiary/aromatic N) is 1. The minimum absolute atomic E-state index is 0.00653. The number of rotatable bonds is 8. The molecule has 0 aliphatic carbocycles. The number of hydrogen-bond donors (Lipinski definition) is 0. The van der Waals surface area contributed by atoms with Crippen LogP contribution in [0.5, 0.6) is 0 Å². The third kappa shape index (κ3) is 5.76. The molecule has 1 rings (SSSR count). The Morgan fingerprint density at radius 1 is 1.08 bits per heavy atom. The lowest BCUT2D eigenvalue weighted by Gasteiger charge is -2.45. The second-order valence-electron chi connectivity index (χ2n) is 7.60. The van der Waals surface area contributed by atoms with Gasteiger partial charge < -0.3 is 9.47 Å². The van der Waals surface area contributed by atoms with Gasteiger partial charge in [-0.15, -0.1) is 0 Å². The molecule has 1 heterocycles. The Morgan fingerprint density at radius 3 is 2.38 bits per heavy atom. The molecule has 1 aliphatic rings. The van der Waals surface area contributed by atoms with Crippen molar-refractivity contribution in [1.82, 2.24) is 4.90 Å². The summed E-state index contributed by atoms with van der Waals surface area (Å²) in [5.41, 5.74) is -1.72. The van der Waals surface area contributed by atoms with Gasteiger partial charge in [-0.3, -0.25) is 9.69 Å². The summed E-state index contributed by atoms with van der Waals surface area (Å²) in [6.07, 6.45) is 6.12. The van der Waals surface area contributed by atoms with E-state index in [4.69, 9.17) is 9.47 Å². The molecule has 1 atom stereocenters. The first kappa shape index (κ1) is 20.9. The zero-order valence-electron chi connectivity index (χ0n) is 16.2. The van der Waals surface area contributed by atoms with E-state index in [-0.39, 0.29) is 5.78 Å². The molecule has 0 aromatic carbocycles. The lowest BCUT2D eigenvalue weighted by atomic mass is 9.92. The molecule has 5 nitrogen and oxygen atoms in total. The minimum Gasteiger partial charge on any atom is -0.444 e. The van der Waals surface area contributed by atoms with E-state index in [1.165, 1.54) is 0 Å². The molecular weight excluding hydrogens is 306 g/mol. The molecule has 140 valence electrons. The second kappa shape index (κ2) is 9.40. The van der Waals surface area contributed by atoms with E-state index in [9.17, 15) is 9.59 Å². The normalized spacial score (nSPS) is 21.6. The molecule has 1 fully saturated rings. The maximum atomic E-state index is 12.9. The molecule has 0 aromatic heterocycles. The highest BCUT2D eigenvalue weighted by Crippen LogP contribution is 2.33. The standard InChI is InChI=1S/C19H35NO4/c1-6-8-11-15-23-19(16(21)12-7-2)13-9-10-14-20(19)17(22)24-18(3,4)5/h6-15H2,1-5H3. The highest BCUT2D eigenvalue weighted by Gasteiger charge is 2.49. The number of piperidine rings is 1. The van der Waals surface area contributed by atoms with Gasteiger partial charge in [0.05, 0.1) is 0 Å². The molecule has 1 aliphatic heterocycles. The first-order valence-corrected chi connectivity index (χ1v) is 9.44. The predicted molar refractivity (Wildman–Crippen MR) is 94.9 cm³/mol. The summed E-state index contributed by atoms with van der Waals surface area (Å²) in [6, 6.07) is 0. The van der Waals surface area contributed by atoms with Crippen molar-refractivity contribution in [2.75, 3.05) is 13.2 Å². The van der Waals surface area contributed by atoms with E-state index in [0.29, 0.717) is 26.0 Å². The van der Waals surface area contributed by atoms with Crippen molar-refractivity contribution >= 4 is 11.9 Å². The number of likely N-dealkylation sites (tertiary alicyclic amines) is 1. The Kier molecular flexibility index (Phi) is 8.20. The molecule has 0 N–H and O–H groups in total. The van der Waals surface area contributed by atoms with Gasteiger partial charge in [0, 0.05) is 26.0 Å². The van der Waals surface area contributed by atoms with Crippen molar-refractivity contribution in [2.24, 2.45) is 0 Å². The number of carbonyl (C=O) groups is 2. The summed E-state index contributed by atoms with van der Waals surface area (Å²) in [5.74, 6) is 0.00653. The molecule has 5 heteroatoms. The summed E-state index contributed by atoms with van der Waals surface area (Å²) < 4.78 is 11.7. The van der Waals surface area contributed by atoms with Crippen LogP contribution in [0.2, 0.25) is 0 Å². The maximum Gasteiger partial charge on any atom is 0.412 e. The number of carbonyl (C=O) groups excluding carboxylic acids is 2. The Bertz CT molecular complexity index is 416. The predicted octanol–water partition coefficient (Wildman–Crippen LogP) is 4.68. The van der Waals surface area contributed by atoms with Gasteiger partial charge in [0.15, 0.2) is 5.78 Å². The number of amides is 1. The van der Waals surface area contributed by atoms with Crippen LogP contribution in [-0.2, 0) is 14.3 Å². The van der Waals surface area contributed by atoms with Crippen molar-refractivity contribution in [3.63, 3.8) is 0 Å². The topological polar surface area (TPSA) is 55.8 Å². The number of hydrogen-bond acceptors (Lipinski definition) is 4. The van der Waals surface area contributed by atoms with Crippen molar-refractivity contribution in [3.05, 3.63) is 0 Å². The van der Waals surface area contributed by atoms with Crippen LogP contribution in [0.25, 0.3) is 0 Å². The van der Waals surface area contributed by atoms with E-state index in [1.54, 1.807) is 4.90 Å². The summed E-state index contributed by atoms with van der Waals surface area (Å²) in [6.45, 7) is 10.6.